The third-order valence-corrected chi connectivity index (χ3v) is 10.4. The molecule has 0 aliphatic rings. The molecule has 1 heterocycles. The Morgan fingerprint density at radius 2 is 0.667 bits per heavy atom. The molecule has 2 nitrogen and oxygen atoms in total. The molecule has 10 aromatic rings. The van der Waals surface area contributed by atoms with E-state index < -0.39 is 0 Å². The van der Waals surface area contributed by atoms with E-state index in [1.165, 1.54) is 65.7 Å². The van der Waals surface area contributed by atoms with Gasteiger partial charge in [0.1, 0.15) is 0 Å². The van der Waals surface area contributed by atoms with E-state index in [0.717, 1.165) is 28.1 Å². The van der Waals surface area contributed by atoms with Crippen molar-refractivity contribution in [2.24, 2.45) is 0 Å². The SMILES string of the molecule is c1ccc(-c2cc(-c3ccc4c(-c5ccccc5)c5cc(-c6ccc7ccccc7c6)ccc5c(-c5ccccc5)c4c3)nc(-c3ccccc3)n2)cc1. The van der Waals surface area contributed by atoms with Crippen LogP contribution < -0.4 is 0 Å². The van der Waals surface area contributed by atoms with Gasteiger partial charge in [0, 0.05) is 16.7 Å². The maximum Gasteiger partial charge on any atom is 0.160 e. The lowest BCUT2D eigenvalue weighted by Crippen LogP contribution is -1.96. The topological polar surface area (TPSA) is 25.8 Å². The lowest BCUT2D eigenvalue weighted by atomic mass is 9.84. The lowest BCUT2D eigenvalue weighted by Gasteiger charge is -2.20. The van der Waals surface area contributed by atoms with E-state index in [1.54, 1.807) is 0 Å². The summed E-state index contributed by atoms with van der Waals surface area (Å²) in [6, 6.07) is 73.6. The molecular weight excluding hydrogens is 653 g/mol. The molecule has 0 saturated heterocycles. The van der Waals surface area contributed by atoms with Crippen molar-refractivity contribution in [2.75, 3.05) is 0 Å². The summed E-state index contributed by atoms with van der Waals surface area (Å²) in [6.07, 6.45) is 0. The van der Waals surface area contributed by atoms with E-state index in [4.69, 9.17) is 9.97 Å². The first-order valence-corrected chi connectivity index (χ1v) is 18.4. The molecule has 54 heavy (non-hydrogen) atoms. The summed E-state index contributed by atoms with van der Waals surface area (Å²) in [7, 11) is 0. The first-order valence-electron chi connectivity index (χ1n) is 18.4. The van der Waals surface area contributed by atoms with Gasteiger partial charge in [-0.3, -0.25) is 0 Å². The molecule has 0 spiro atoms. The Bertz CT molecular complexity index is 2900. The van der Waals surface area contributed by atoms with Crippen LogP contribution in [-0.2, 0) is 0 Å². The second-order valence-corrected chi connectivity index (χ2v) is 13.8. The molecule has 0 bridgehead atoms. The fourth-order valence-electron chi connectivity index (χ4n) is 7.84. The van der Waals surface area contributed by atoms with Crippen molar-refractivity contribution in [3.8, 4) is 67.3 Å². The molecule has 10 rings (SSSR count). The average Bonchev–Trinajstić information content (AvgIpc) is 3.26. The maximum absolute atomic E-state index is 5.21. The summed E-state index contributed by atoms with van der Waals surface area (Å²) in [4.78, 5) is 10.3. The van der Waals surface area contributed by atoms with E-state index in [9.17, 15) is 0 Å². The summed E-state index contributed by atoms with van der Waals surface area (Å²) in [5.41, 5.74) is 12.1. The molecule has 0 unspecified atom stereocenters. The van der Waals surface area contributed by atoms with Crippen molar-refractivity contribution in [3.63, 3.8) is 0 Å². The third kappa shape index (κ3) is 5.71. The Labute approximate surface area is 314 Å². The summed E-state index contributed by atoms with van der Waals surface area (Å²) in [5, 5.41) is 7.32. The van der Waals surface area contributed by atoms with Crippen molar-refractivity contribution < 1.29 is 0 Å². The van der Waals surface area contributed by atoms with Gasteiger partial charge in [-0.15, -0.1) is 0 Å². The molecular formula is C52H34N2. The Morgan fingerprint density at radius 1 is 0.241 bits per heavy atom. The fourth-order valence-corrected chi connectivity index (χ4v) is 7.84. The van der Waals surface area contributed by atoms with Gasteiger partial charge < -0.3 is 0 Å². The van der Waals surface area contributed by atoms with Gasteiger partial charge in [-0.2, -0.15) is 0 Å². The number of rotatable bonds is 6. The van der Waals surface area contributed by atoms with Crippen molar-refractivity contribution >= 4 is 32.3 Å². The molecule has 0 radical (unpaired) electrons. The second-order valence-electron chi connectivity index (χ2n) is 13.8. The predicted molar refractivity (Wildman–Crippen MR) is 227 cm³/mol. The number of fused-ring (bicyclic) bond motifs is 3. The highest BCUT2D eigenvalue weighted by Gasteiger charge is 2.19. The Hall–Kier alpha value is -7.16. The van der Waals surface area contributed by atoms with Gasteiger partial charge in [-0.05, 0) is 90.0 Å². The van der Waals surface area contributed by atoms with E-state index in [-0.39, 0.29) is 0 Å². The van der Waals surface area contributed by atoms with Gasteiger partial charge in [0.2, 0.25) is 0 Å². The monoisotopic (exact) mass is 686 g/mol. The fraction of sp³-hybridized carbons (Fsp3) is 0. The standard InChI is InChI=1S/C52H34N2/c1-5-16-36(17-6-1)48-34-49(54-52(53-48)39-22-11-4-12-23-39)43-28-30-45-47(33-43)51(38-20-9-3-10-21-38)44-29-27-42(32-46(44)50(45)37-18-7-2-8-19-37)41-26-25-35-15-13-14-24-40(35)31-41/h1-34H. The molecule has 0 saturated carbocycles. The van der Waals surface area contributed by atoms with Crippen LogP contribution in [0.4, 0.5) is 0 Å². The van der Waals surface area contributed by atoms with Crippen molar-refractivity contribution in [1.29, 1.82) is 0 Å². The largest absolute Gasteiger partial charge is 0.228 e. The van der Waals surface area contributed by atoms with Crippen molar-refractivity contribution in [1.82, 2.24) is 9.97 Å². The minimum Gasteiger partial charge on any atom is -0.228 e. The highest BCUT2D eigenvalue weighted by molar-refractivity contribution is 6.22. The molecule has 1 aromatic heterocycles. The summed E-state index contributed by atoms with van der Waals surface area (Å²) >= 11 is 0. The van der Waals surface area contributed by atoms with Crippen LogP contribution in [0.5, 0.6) is 0 Å². The van der Waals surface area contributed by atoms with Gasteiger partial charge in [0.15, 0.2) is 5.82 Å². The zero-order valence-corrected chi connectivity index (χ0v) is 29.5. The predicted octanol–water partition coefficient (Wildman–Crippen LogP) is 13.9. The van der Waals surface area contributed by atoms with Gasteiger partial charge in [0.25, 0.3) is 0 Å². The molecule has 0 aliphatic carbocycles. The first-order chi connectivity index (χ1) is 26.8. The third-order valence-electron chi connectivity index (χ3n) is 10.4. The molecule has 0 amide bonds. The summed E-state index contributed by atoms with van der Waals surface area (Å²) in [6.45, 7) is 0. The molecule has 0 aliphatic heterocycles. The number of aromatic nitrogens is 2. The Kier molecular flexibility index (Phi) is 7.85. The molecule has 252 valence electrons. The van der Waals surface area contributed by atoms with Crippen LogP contribution >= 0.6 is 0 Å². The lowest BCUT2D eigenvalue weighted by molar-refractivity contribution is 1.18. The van der Waals surface area contributed by atoms with Crippen LogP contribution in [0.25, 0.3) is 99.6 Å². The van der Waals surface area contributed by atoms with Gasteiger partial charge in [0.05, 0.1) is 11.4 Å². The van der Waals surface area contributed by atoms with Crippen molar-refractivity contribution in [2.45, 2.75) is 0 Å². The Morgan fingerprint density at radius 3 is 1.26 bits per heavy atom. The van der Waals surface area contributed by atoms with E-state index >= 15 is 0 Å². The number of hydrogen-bond donors (Lipinski definition) is 0. The highest BCUT2D eigenvalue weighted by Crippen LogP contribution is 2.46. The van der Waals surface area contributed by atoms with Crippen LogP contribution in [0, 0.1) is 0 Å². The van der Waals surface area contributed by atoms with Crippen LogP contribution in [0.1, 0.15) is 0 Å². The van der Waals surface area contributed by atoms with Gasteiger partial charge in [-0.1, -0.05) is 182 Å². The maximum atomic E-state index is 5.21. The highest BCUT2D eigenvalue weighted by atomic mass is 14.9. The number of hydrogen-bond acceptors (Lipinski definition) is 2. The van der Waals surface area contributed by atoms with E-state index in [2.05, 4.69) is 182 Å². The molecule has 0 atom stereocenters. The smallest absolute Gasteiger partial charge is 0.160 e. The second kappa shape index (κ2) is 13.4. The molecule has 9 aromatic carbocycles. The van der Waals surface area contributed by atoms with Crippen LogP contribution in [0.3, 0.4) is 0 Å². The van der Waals surface area contributed by atoms with Crippen LogP contribution in [-0.4, -0.2) is 9.97 Å². The number of benzene rings is 9. The molecule has 2 heteroatoms. The molecule has 0 N–H and O–H groups in total. The summed E-state index contributed by atoms with van der Waals surface area (Å²) < 4.78 is 0. The minimum absolute atomic E-state index is 0.708. The van der Waals surface area contributed by atoms with E-state index in [0.29, 0.717) is 5.82 Å². The normalized spacial score (nSPS) is 11.3. The number of nitrogens with zero attached hydrogens (tertiary/aromatic N) is 2. The van der Waals surface area contributed by atoms with Crippen molar-refractivity contribution in [3.05, 3.63) is 206 Å². The zero-order chi connectivity index (χ0) is 35.8. The average molecular weight is 687 g/mol. The Balaban J connectivity index is 1.26. The molecule has 0 fully saturated rings. The first kappa shape index (κ1) is 31.6. The van der Waals surface area contributed by atoms with Gasteiger partial charge in [-0.25, -0.2) is 9.97 Å². The quantitative estimate of drug-likeness (QED) is 0.163. The summed E-state index contributed by atoms with van der Waals surface area (Å²) in [5.74, 6) is 0.708. The van der Waals surface area contributed by atoms with Crippen LogP contribution in [0.2, 0.25) is 0 Å². The van der Waals surface area contributed by atoms with E-state index in [1.807, 2.05) is 24.3 Å². The van der Waals surface area contributed by atoms with Gasteiger partial charge >= 0.3 is 0 Å². The minimum atomic E-state index is 0.708. The zero-order valence-electron chi connectivity index (χ0n) is 29.5. The van der Waals surface area contributed by atoms with Crippen LogP contribution in [0.15, 0.2) is 206 Å².